The maximum absolute atomic E-state index is 5.95. The molecule has 2 atom stereocenters. The van der Waals surface area contributed by atoms with E-state index in [9.17, 15) is 0 Å². The van der Waals surface area contributed by atoms with E-state index in [2.05, 4.69) is 26.9 Å². The SMILES string of the molecule is CCN1CC2(CCN(Cc3nnc(-c4cccc(OC)c4)o3)CC2)[C@H]2COC[C@H]21. The van der Waals surface area contributed by atoms with E-state index in [1.807, 2.05) is 24.3 Å². The van der Waals surface area contributed by atoms with Crippen LogP contribution in [0.5, 0.6) is 5.75 Å². The summed E-state index contributed by atoms with van der Waals surface area (Å²) < 4.78 is 17.1. The van der Waals surface area contributed by atoms with Crippen LogP contribution in [0.3, 0.4) is 0 Å². The van der Waals surface area contributed by atoms with Gasteiger partial charge in [-0.3, -0.25) is 9.80 Å². The molecule has 0 amide bonds. The molecular weight excluding hydrogens is 368 g/mol. The number of likely N-dealkylation sites (tertiary alicyclic amines) is 2. The van der Waals surface area contributed by atoms with E-state index in [1.165, 1.54) is 19.4 Å². The van der Waals surface area contributed by atoms with Crippen molar-refractivity contribution in [3.05, 3.63) is 30.2 Å². The molecule has 0 radical (unpaired) electrons. The van der Waals surface area contributed by atoms with Gasteiger partial charge in [-0.2, -0.15) is 0 Å². The van der Waals surface area contributed by atoms with Gasteiger partial charge in [-0.25, -0.2) is 0 Å². The van der Waals surface area contributed by atoms with Gasteiger partial charge in [0.05, 0.1) is 26.9 Å². The summed E-state index contributed by atoms with van der Waals surface area (Å²) in [5.41, 5.74) is 1.31. The second-order valence-corrected chi connectivity index (χ2v) is 8.65. The van der Waals surface area contributed by atoms with Gasteiger partial charge in [-0.15, -0.1) is 10.2 Å². The Bertz CT molecular complexity index is 846. The molecule has 0 aliphatic carbocycles. The zero-order chi connectivity index (χ0) is 19.8. The smallest absolute Gasteiger partial charge is 0.247 e. The molecule has 29 heavy (non-hydrogen) atoms. The van der Waals surface area contributed by atoms with E-state index in [0.29, 0.717) is 29.2 Å². The number of rotatable bonds is 5. The lowest BCUT2D eigenvalue weighted by atomic mass is 9.70. The molecule has 0 unspecified atom stereocenters. The number of benzene rings is 1. The summed E-state index contributed by atoms with van der Waals surface area (Å²) >= 11 is 0. The Morgan fingerprint density at radius 1 is 1.21 bits per heavy atom. The summed E-state index contributed by atoms with van der Waals surface area (Å²) in [7, 11) is 1.66. The van der Waals surface area contributed by atoms with Crippen molar-refractivity contribution in [2.24, 2.45) is 11.3 Å². The minimum Gasteiger partial charge on any atom is -0.497 e. The van der Waals surface area contributed by atoms with E-state index in [-0.39, 0.29) is 0 Å². The third-order valence-corrected chi connectivity index (χ3v) is 7.22. The van der Waals surface area contributed by atoms with Crippen molar-refractivity contribution in [2.75, 3.05) is 46.5 Å². The zero-order valence-corrected chi connectivity index (χ0v) is 17.3. The van der Waals surface area contributed by atoms with Gasteiger partial charge in [0, 0.05) is 24.1 Å². The van der Waals surface area contributed by atoms with Crippen LogP contribution in [0.1, 0.15) is 25.7 Å². The van der Waals surface area contributed by atoms with E-state index >= 15 is 0 Å². The third-order valence-electron chi connectivity index (χ3n) is 7.22. The number of piperidine rings is 1. The Kier molecular flexibility index (Phi) is 5.05. The van der Waals surface area contributed by atoms with E-state index in [0.717, 1.165) is 50.7 Å². The minimum absolute atomic E-state index is 0.425. The molecule has 156 valence electrons. The Balaban J connectivity index is 1.22. The summed E-state index contributed by atoms with van der Waals surface area (Å²) in [5.74, 6) is 2.72. The minimum atomic E-state index is 0.425. The molecule has 0 N–H and O–H groups in total. The number of fused-ring (bicyclic) bond motifs is 2. The highest BCUT2D eigenvalue weighted by Gasteiger charge is 2.54. The Labute approximate surface area is 172 Å². The van der Waals surface area contributed by atoms with Crippen LogP contribution in [-0.2, 0) is 11.3 Å². The first-order valence-electron chi connectivity index (χ1n) is 10.7. The van der Waals surface area contributed by atoms with Crippen molar-refractivity contribution in [2.45, 2.75) is 32.4 Å². The summed E-state index contributed by atoms with van der Waals surface area (Å²) in [6.45, 7) is 9.37. The molecule has 4 heterocycles. The number of aromatic nitrogens is 2. The van der Waals surface area contributed by atoms with E-state index in [1.54, 1.807) is 7.11 Å². The number of hydrogen-bond acceptors (Lipinski definition) is 7. The summed E-state index contributed by atoms with van der Waals surface area (Å²) in [6, 6.07) is 8.36. The van der Waals surface area contributed by atoms with Crippen LogP contribution in [0.4, 0.5) is 0 Å². The largest absolute Gasteiger partial charge is 0.497 e. The Hall–Kier alpha value is -1.96. The van der Waals surface area contributed by atoms with Crippen molar-refractivity contribution in [3.63, 3.8) is 0 Å². The van der Waals surface area contributed by atoms with Crippen LogP contribution in [0, 0.1) is 11.3 Å². The van der Waals surface area contributed by atoms with Gasteiger partial charge in [-0.1, -0.05) is 13.0 Å². The highest BCUT2D eigenvalue weighted by Crippen LogP contribution is 2.50. The summed E-state index contributed by atoms with van der Waals surface area (Å²) in [4.78, 5) is 5.10. The lowest BCUT2D eigenvalue weighted by Gasteiger charge is -2.41. The molecule has 3 saturated heterocycles. The molecule has 7 heteroatoms. The number of likely N-dealkylation sites (N-methyl/N-ethyl adjacent to an activating group) is 1. The van der Waals surface area contributed by atoms with Crippen LogP contribution < -0.4 is 4.74 Å². The van der Waals surface area contributed by atoms with Crippen molar-refractivity contribution in [1.82, 2.24) is 20.0 Å². The number of nitrogens with zero attached hydrogens (tertiary/aromatic N) is 4. The van der Waals surface area contributed by atoms with Gasteiger partial charge in [0.15, 0.2) is 0 Å². The fraction of sp³-hybridized carbons (Fsp3) is 0.636. The summed E-state index contributed by atoms with van der Waals surface area (Å²) in [6.07, 6.45) is 2.45. The normalized spacial score (nSPS) is 26.8. The monoisotopic (exact) mass is 398 g/mol. The highest BCUT2D eigenvalue weighted by molar-refractivity contribution is 5.55. The number of hydrogen-bond donors (Lipinski definition) is 0. The maximum Gasteiger partial charge on any atom is 0.247 e. The van der Waals surface area contributed by atoms with Crippen LogP contribution >= 0.6 is 0 Å². The zero-order valence-electron chi connectivity index (χ0n) is 17.3. The molecule has 3 aliphatic rings. The second kappa shape index (κ2) is 7.70. The van der Waals surface area contributed by atoms with Gasteiger partial charge >= 0.3 is 0 Å². The summed E-state index contributed by atoms with van der Waals surface area (Å²) in [5, 5.41) is 8.52. The van der Waals surface area contributed by atoms with Crippen molar-refractivity contribution >= 4 is 0 Å². The lowest BCUT2D eigenvalue weighted by molar-refractivity contribution is 0.0449. The van der Waals surface area contributed by atoms with Gasteiger partial charge in [0.2, 0.25) is 11.8 Å². The fourth-order valence-electron chi connectivity index (χ4n) is 5.54. The first-order chi connectivity index (χ1) is 14.2. The van der Waals surface area contributed by atoms with Crippen LogP contribution in [-0.4, -0.2) is 72.5 Å². The van der Waals surface area contributed by atoms with Gasteiger partial charge < -0.3 is 13.9 Å². The molecule has 3 aliphatic heterocycles. The molecule has 5 rings (SSSR count). The van der Waals surface area contributed by atoms with Gasteiger partial charge in [0.1, 0.15) is 5.75 Å². The van der Waals surface area contributed by atoms with Crippen LogP contribution in [0.15, 0.2) is 28.7 Å². The first kappa shape index (κ1) is 19.0. The quantitative estimate of drug-likeness (QED) is 0.767. The Morgan fingerprint density at radius 3 is 2.86 bits per heavy atom. The molecule has 2 aromatic rings. The van der Waals surface area contributed by atoms with E-state index < -0.39 is 0 Å². The van der Waals surface area contributed by atoms with Gasteiger partial charge in [-0.05, 0) is 56.1 Å². The molecule has 3 fully saturated rings. The van der Waals surface area contributed by atoms with Crippen molar-refractivity contribution in [3.8, 4) is 17.2 Å². The Morgan fingerprint density at radius 2 is 2.07 bits per heavy atom. The highest BCUT2D eigenvalue weighted by atomic mass is 16.5. The van der Waals surface area contributed by atoms with E-state index in [4.69, 9.17) is 13.9 Å². The predicted molar refractivity (Wildman–Crippen MR) is 109 cm³/mol. The number of ether oxygens (including phenoxy) is 2. The lowest BCUT2D eigenvalue weighted by Crippen LogP contribution is -2.44. The molecule has 1 spiro atoms. The molecule has 0 bridgehead atoms. The first-order valence-corrected chi connectivity index (χ1v) is 10.7. The standard InChI is InChI=1S/C22H30N4O3/c1-3-26-15-22(18-13-28-14-19(18)26)7-9-25(10-8-22)12-20-23-24-21(29-20)16-5-4-6-17(11-16)27-2/h4-6,11,18-19H,3,7-10,12-15H2,1-2H3/t18-,19+/m0/s1. The molecule has 1 aromatic heterocycles. The van der Waals surface area contributed by atoms with Gasteiger partial charge in [0.25, 0.3) is 0 Å². The van der Waals surface area contributed by atoms with Crippen LogP contribution in [0.2, 0.25) is 0 Å². The average molecular weight is 399 g/mol. The predicted octanol–water partition coefficient (Wildman–Crippen LogP) is 2.68. The third kappa shape index (κ3) is 3.45. The fourth-order valence-corrected chi connectivity index (χ4v) is 5.54. The van der Waals surface area contributed by atoms with Crippen molar-refractivity contribution < 1.29 is 13.9 Å². The average Bonchev–Trinajstić information content (AvgIpc) is 3.48. The number of methoxy groups -OCH3 is 1. The molecule has 0 saturated carbocycles. The molecular formula is C22H30N4O3. The second-order valence-electron chi connectivity index (χ2n) is 8.65. The maximum atomic E-state index is 5.95. The topological polar surface area (TPSA) is 63.9 Å². The molecule has 1 aromatic carbocycles. The molecule has 7 nitrogen and oxygen atoms in total. The van der Waals surface area contributed by atoms with Crippen molar-refractivity contribution in [1.29, 1.82) is 0 Å². The van der Waals surface area contributed by atoms with Crippen LogP contribution in [0.25, 0.3) is 11.5 Å².